The van der Waals surface area contributed by atoms with E-state index < -0.39 is 17.7 Å². The van der Waals surface area contributed by atoms with E-state index in [-0.39, 0.29) is 5.91 Å². The minimum Gasteiger partial charge on any atom is -0.360 e. The second-order valence-electron chi connectivity index (χ2n) is 7.59. The van der Waals surface area contributed by atoms with Gasteiger partial charge in [-0.05, 0) is 44.0 Å². The standard InChI is InChI=1S/C22H27F2N3O/c1-15-5-4-6-21(16(15)2)27-11-9-26(10-12-27)14-22(28)25-17(3)19-8-7-18(23)13-20(19)24/h4-8,13,17H,9-12,14H2,1-3H3,(H,25,28)/p+1/t17-/m0/s1. The Morgan fingerprint density at radius 2 is 1.89 bits per heavy atom. The Hall–Kier alpha value is -2.47. The number of aryl methyl sites for hydroxylation is 1. The third-order valence-electron chi connectivity index (χ3n) is 5.60. The molecule has 1 aliphatic rings. The topological polar surface area (TPSA) is 36.8 Å². The summed E-state index contributed by atoms with van der Waals surface area (Å²) in [5.41, 5.74) is 4.15. The Morgan fingerprint density at radius 1 is 1.18 bits per heavy atom. The lowest BCUT2D eigenvalue weighted by atomic mass is 10.1. The summed E-state index contributed by atoms with van der Waals surface area (Å²) in [5.74, 6) is -1.38. The normalized spacial score (nSPS) is 16.1. The lowest BCUT2D eigenvalue weighted by Gasteiger charge is -2.34. The summed E-state index contributed by atoms with van der Waals surface area (Å²) in [6.07, 6.45) is 0. The maximum absolute atomic E-state index is 13.9. The molecule has 1 heterocycles. The van der Waals surface area contributed by atoms with Gasteiger partial charge in [0.05, 0.1) is 32.2 Å². The van der Waals surface area contributed by atoms with Crippen molar-refractivity contribution in [1.29, 1.82) is 0 Å². The van der Waals surface area contributed by atoms with E-state index >= 15 is 0 Å². The zero-order valence-electron chi connectivity index (χ0n) is 16.7. The highest BCUT2D eigenvalue weighted by molar-refractivity contribution is 5.77. The van der Waals surface area contributed by atoms with Crippen LogP contribution >= 0.6 is 0 Å². The van der Waals surface area contributed by atoms with Crippen LogP contribution in [0.25, 0.3) is 0 Å². The van der Waals surface area contributed by atoms with Crippen molar-refractivity contribution >= 4 is 11.6 Å². The average molecular weight is 388 g/mol. The minimum absolute atomic E-state index is 0.119. The zero-order chi connectivity index (χ0) is 20.3. The molecule has 0 spiro atoms. The SMILES string of the molecule is Cc1cccc(N2CC[NH+](CC(=O)N[C@@H](C)c3ccc(F)cc3F)CC2)c1C. The Labute approximate surface area is 165 Å². The van der Waals surface area contributed by atoms with Gasteiger partial charge in [-0.25, -0.2) is 8.78 Å². The van der Waals surface area contributed by atoms with Crippen molar-refractivity contribution in [2.24, 2.45) is 0 Å². The molecule has 0 aliphatic carbocycles. The van der Waals surface area contributed by atoms with E-state index in [2.05, 4.69) is 42.3 Å². The fraction of sp³-hybridized carbons (Fsp3) is 0.409. The van der Waals surface area contributed by atoms with E-state index in [0.29, 0.717) is 12.1 Å². The van der Waals surface area contributed by atoms with Gasteiger partial charge >= 0.3 is 0 Å². The molecule has 150 valence electrons. The lowest BCUT2D eigenvalue weighted by molar-refractivity contribution is -0.892. The smallest absolute Gasteiger partial charge is 0.275 e. The number of amides is 1. The van der Waals surface area contributed by atoms with Gasteiger partial charge in [0, 0.05) is 17.3 Å². The molecule has 0 aromatic heterocycles. The number of carbonyl (C=O) groups excluding carboxylic acids is 1. The van der Waals surface area contributed by atoms with Gasteiger partial charge in [-0.15, -0.1) is 0 Å². The second kappa shape index (κ2) is 8.69. The molecule has 0 bridgehead atoms. The van der Waals surface area contributed by atoms with Crippen LogP contribution in [0.1, 0.15) is 29.7 Å². The van der Waals surface area contributed by atoms with Crippen LogP contribution in [0.2, 0.25) is 0 Å². The Morgan fingerprint density at radius 3 is 2.57 bits per heavy atom. The van der Waals surface area contributed by atoms with Crippen LogP contribution in [-0.4, -0.2) is 38.6 Å². The van der Waals surface area contributed by atoms with Crippen LogP contribution in [0.4, 0.5) is 14.5 Å². The number of rotatable bonds is 5. The molecule has 6 heteroatoms. The summed E-state index contributed by atoms with van der Waals surface area (Å²) in [7, 11) is 0. The number of quaternary nitrogens is 1. The molecule has 2 aromatic rings. The molecule has 1 aliphatic heterocycles. The second-order valence-corrected chi connectivity index (χ2v) is 7.59. The van der Waals surface area contributed by atoms with E-state index in [1.54, 1.807) is 6.92 Å². The first-order valence-corrected chi connectivity index (χ1v) is 9.74. The summed E-state index contributed by atoms with van der Waals surface area (Å²) >= 11 is 0. The molecule has 1 atom stereocenters. The van der Waals surface area contributed by atoms with Crippen molar-refractivity contribution < 1.29 is 18.5 Å². The van der Waals surface area contributed by atoms with Crippen molar-refractivity contribution in [1.82, 2.24) is 5.32 Å². The molecule has 1 fully saturated rings. The van der Waals surface area contributed by atoms with Crippen molar-refractivity contribution in [2.45, 2.75) is 26.8 Å². The molecular formula is C22H28F2N3O+. The predicted octanol–water partition coefficient (Wildman–Crippen LogP) is 2.16. The predicted molar refractivity (Wildman–Crippen MR) is 107 cm³/mol. The first-order chi connectivity index (χ1) is 13.3. The maximum Gasteiger partial charge on any atom is 0.275 e. The largest absolute Gasteiger partial charge is 0.360 e. The Balaban J connectivity index is 1.51. The molecule has 0 unspecified atom stereocenters. The lowest BCUT2D eigenvalue weighted by Crippen LogP contribution is -3.16. The number of halogens is 2. The number of carbonyl (C=O) groups is 1. The van der Waals surface area contributed by atoms with Gasteiger partial charge < -0.3 is 15.1 Å². The molecule has 4 nitrogen and oxygen atoms in total. The summed E-state index contributed by atoms with van der Waals surface area (Å²) in [6, 6.07) is 9.29. The molecule has 0 saturated carbocycles. The third kappa shape index (κ3) is 4.68. The van der Waals surface area contributed by atoms with Gasteiger partial charge in [-0.2, -0.15) is 0 Å². The Bertz CT molecular complexity index is 848. The van der Waals surface area contributed by atoms with Gasteiger partial charge in [0.1, 0.15) is 11.6 Å². The number of hydrogen-bond donors (Lipinski definition) is 2. The zero-order valence-corrected chi connectivity index (χ0v) is 16.7. The molecule has 2 N–H and O–H groups in total. The van der Waals surface area contributed by atoms with E-state index in [4.69, 9.17) is 0 Å². The van der Waals surface area contributed by atoms with Gasteiger partial charge in [0.15, 0.2) is 6.54 Å². The first kappa shape index (κ1) is 20.3. The Kier molecular flexibility index (Phi) is 6.29. The van der Waals surface area contributed by atoms with Crippen molar-refractivity contribution in [2.75, 3.05) is 37.6 Å². The van der Waals surface area contributed by atoms with E-state index in [0.717, 1.165) is 32.2 Å². The molecule has 3 rings (SSSR count). The van der Waals surface area contributed by atoms with Crippen LogP contribution in [0, 0.1) is 25.5 Å². The van der Waals surface area contributed by atoms with Crippen LogP contribution in [0.15, 0.2) is 36.4 Å². The van der Waals surface area contributed by atoms with Crippen LogP contribution in [0.5, 0.6) is 0 Å². The average Bonchev–Trinajstić information content (AvgIpc) is 2.64. The monoisotopic (exact) mass is 388 g/mol. The van der Waals surface area contributed by atoms with Crippen molar-refractivity contribution in [3.63, 3.8) is 0 Å². The molecular weight excluding hydrogens is 360 g/mol. The highest BCUT2D eigenvalue weighted by atomic mass is 19.1. The molecule has 28 heavy (non-hydrogen) atoms. The van der Waals surface area contributed by atoms with E-state index in [1.807, 2.05) is 0 Å². The summed E-state index contributed by atoms with van der Waals surface area (Å²) in [6.45, 7) is 9.88. The van der Waals surface area contributed by atoms with Crippen LogP contribution in [0.3, 0.4) is 0 Å². The third-order valence-corrected chi connectivity index (χ3v) is 5.60. The number of benzene rings is 2. The number of hydrogen-bond acceptors (Lipinski definition) is 2. The minimum atomic E-state index is -0.637. The fourth-order valence-electron chi connectivity index (χ4n) is 3.77. The molecule has 2 aromatic carbocycles. The van der Waals surface area contributed by atoms with E-state index in [1.165, 1.54) is 33.8 Å². The number of piperazine rings is 1. The van der Waals surface area contributed by atoms with Gasteiger partial charge in [0.2, 0.25) is 0 Å². The van der Waals surface area contributed by atoms with Gasteiger partial charge in [-0.1, -0.05) is 18.2 Å². The quantitative estimate of drug-likeness (QED) is 0.824. The summed E-state index contributed by atoms with van der Waals surface area (Å²) in [4.78, 5) is 16.0. The fourth-order valence-corrected chi connectivity index (χ4v) is 3.77. The maximum atomic E-state index is 13.9. The van der Waals surface area contributed by atoms with Crippen LogP contribution < -0.4 is 15.1 Å². The van der Waals surface area contributed by atoms with Crippen LogP contribution in [-0.2, 0) is 4.79 Å². The molecule has 0 radical (unpaired) electrons. The number of anilines is 1. The number of nitrogens with zero attached hydrogens (tertiary/aromatic N) is 1. The molecule has 1 amide bonds. The van der Waals surface area contributed by atoms with Gasteiger partial charge in [-0.3, -0.25) is 4.79 Å². The molecule has 1 saturated heterocycles. The van der Waals surface area contributed by atoms with Crippen molar-refractivity contribution in [3.8, 4) is 0 Å². The number of nitrogens with one attached hydrogen (secondary N) is 2. The van der Waals surface area contributed by atoms with Crippen molar-refractivity contribution in [3.05, 3.63) is 64.7 Å². The van der Waals surface area contributed by atoms with E-state index in [9.17, 15) is 13.6 Å². The highest BCUT2D eigenvalue weighted by Crippen LogP contribution is 2.22. The summed E-state index contributed by atoms with van der Waals surface area (Å²) < 4.78 is 26.9. The summed E-state index contributed by atoms with van der Waals surface area (Å²) in [5, 5.41) is 2.83. The van der Waals surface area contributed by atoms with Gasteiger partial charge in [0.25, 0.3) is 5.91 Å². The first-order valence-electron chi connectivity index (χ1n) is 9.74. The highest BCUT2D eigenvalue weighted by Gasteiger charge is 2.24.